The van der Waals surface area contributed by atoms with E-state index in [1.807, 2.05) is 61.0 Å². The Morgan fingerprint density at radius 3 is 2.77 bits per heavy atom. The molecule has 1 N–H and O–H groups in total. The first kappa shape index (κ1) is 25.6. The number of nitrogens with zero attached hydrogens (tertiary/aromatic N) is 6. The Bertz CT molecular complexity index is 1610. The summed E-state index contributed by atoms with van der Waals surface area (Å²) in [6.45, 7) is 4.15. The van der Waals surface area contributed by atoms with E-state index in [1.165, 1.54) is 6.07 Å². The number of allylic oxidation sites excluding steroid dienone is 3. The highest BCUT2D eigenvalue weighted by atomic mass is 19.1. The summed E-state index contributed by atoms with van der Waals surface area (Å²) in [5, 5.41) is 8.38. The lowest BCUT2D eigenvalue weighted by molar-refractivity contribution is 0.0866. The molecule has 1 saturated carbocycles. The predicted molar refractivity (Wildman–Crippen MR) is 154 cm³/mol. The van der Waals surface area contributed by atoms with Gasteiger partial charge in [-0.05, 0) is 62.4 Å². The number of halogens is 1. The number of aliphatic imine (C=N–C) groups is 1. The number of rotatable bonds is 6. The number of nitrogens with one attached hydrogen (secondary N) is 1. The fourth-order valence-electron chi connectivity index (χ4n) is 5.80. The summed E-state index contributed by atoms with van der Waals surface area (Å²) in [7, 11) is 1.77. The normalized spacial score (nSPS) is 19.9. The fourth-order valence-corrected chi connectivity index (χ4v) is 5.80. The van der Waals surface area contributed by atoms with Crippen LogP contribution in [0.3, 0.4) is 0 Å². The summed E-state index contributed by atoms with van der Waals surface area (Å²) < 4.78 is 15.7. The maximum atomic E-state index is 13.9. The van der Waals surface area contributed by atoms with E-state index < -0.39 is 5.95 Å². The first-order chi connectivity index (χ1) is 19.4. The number of amides is 1. The number of guanidine groups is 1. The molecule has 3 aromatic rings. The molecule has 1 amide bonds. The average Bonchev–Trinajstić information content (AvgIpc) is 3.61. The van der Waals surface area contributed by atoms with Crippen LogP contribution in [0.5, 0.6) is 0 Å². The highest BCUT2D eigenvalue weighted by molar-refractivity contribution is 6.21. The van der Waals surface area contributed by atoms with Gasteiger partial charge in [-0.2, -0.15) is 9.49 Å². The highest BCUT2D eigenvalue weighted by Crippen LogP contribution is 2.42. The van der Waals surface area contributed by atoms with Gasteiger partial charge in [-0.15, -0.1) is 6.42 Å². The van der Waals surface area contributed by atoms with E-state index in [0.717, 1.165) is 36.0 Å². The third kappa shape index (κ3) is 4.35. The highest BCUT2D eigenvalue weighted by Gasteiger charge is 2.49. The number of anilines is 2. The Hall–Kier alpha value is -4.71. The molecule has 1 fully saturated rings. The Morgan fingerprint density at radius 2 is 2.05 bits per heavy atom. The van der Waals surface area contributed by atoms with Crippen molar-refractivity contribution in [2.75, 3.05) is 17.3 Å². The van der Waals surface area contributed by atoms with Crippen LogP contribution in [0.2, 0.25) is 0 Å². The third-order valence-electron chi connectivity index (χ3n) is 7.62. The predicted octanol–water partition coefficient (Wildman–Crippen LogP) is 5.13. The van der Waals surface area contributed by atoms with Crippen LogP contribution in [0, 0.1) is 25.2 Å². The maximum Gasteiger partial charge on any atom is 0.267 e. The molecule has 6 rings (SSSR count). The van der Waals surface area contributed by atoms with Gasteiger partial charge in [0.1, 0.15) is 11.4 Å². The molecule has 202 valence electrons. The Balaban J connectivity index is 1.41. The van der Waals surface area contributed by atoms with Crippen LogP contribution < -0.4 is 10.2 Å². The molecular formula is C31H30FN7O. The lowest BCUT2D eigenvalue weighted by atomic mass is 10.1. The number of aryl methyl sites for hydroxylation is 1. The number of fused-ring (bicyclic) bond motifs is 5. The van der Waals surface area contributed by atoms with Crippen molar-refractivity contribution >= 4 is 23.5 Å². The number of hydrogen-bond donors (Lipinski definition) is 1. The topological polar surface area (TPSA) is 78.7 Å². The molecule has 0 spiro atoms. The van der Waals surface area contributed by atoms with Crippen LogP contribution in [0.25, 0.3) is 11.3 Å². The zero-order valence-electron chi connectivity index (χ0n) is 22.7. The second kappa shape index (κ2) is 10.1. The maximum absolute atomic E-state index is 13.9. The molecule has 40 heavy (non-hydrogen) atoms. The molecule has 9 heteroatoms. The molecule has 0 radical (unpaired) electrons. The van der Waals surface area contributed by atoms with Crippen molar-refractivity contribution in [3.05, 3.63) is 83.0 Å². The van der Waals surface area contributed by atoms with Crippen LogP contribution in [0.4, 0.5) is 16.0 Å². The summed E-state index contributed by atoms with van der Waals surface area (Å²) >= 11 is 0. The van der Waals surface area contributed by atoms with E-state index in [4.69, 9.17) is 16.5 Å². The number of carbonyl (C=O) groups excluding carboxylic acids is 1. The van der Waals surface area contributed by atoms with Gasteiger partial charge >= 0.3 is 0 Å². The van der Waals surface area contributed by atoms with Gasteiger partial charge in [0, 0.05) is 24.4 Å². The zero-order valence-corrected chi connectivity index (χ0v) is 22.7. The molecule has 0 unspecified atom stereocenters. The van der Waals surface area contributed by atoms with Crippen LogP contribution in [-0.2, 0) is 6.54 Å². The van der Waals surface area contributed by atoms with Crippen molar-refractivity contribution in [1.29, 1.82) is 0 Å². The Labute approximate surface area is 232 Å². The minimum atomic E-state index is -0.502. The van der Waals surface area contributed by atoms with Crippen molar-refractivity contribution < 1.29 is 9.18 Å². The number of aromatic nitrogens is 3. The second-order valence-electron chi connectivity index (χ2n) is 10.4. The van der Waals surface area contributed by atoms with Crippen LogP contribution in [0.15, 0.2) is 65.3 Å². The lowest BCUT2D eigenvalue weighted by Crippen LogP contribution is -2.51. The summed E-state index contributed by atoms with van der Waals surface area (Å²) in [6.07, 6.45) is 14.1. The number of benzene rings is 1. The number of carbonyl (C=O) groups is 1. The van der Waals surface area contributed by atoms with Crippen LogP contribution in [0.1, 0.15) is 47.7 Å². The first-order valence-corrected chi connectivity index (χ1v) is 13.4. The molecule has 0 bridgehead atoms. The van der Waals surface area contributed by atoms with E-state index >= 15 is 0 Å². The van der Waals surface area contributed by atoms with Crippen molar-refractivity contribution in [3.63, 3.8) is 0 Å². The molecule has 2 atom stereocenters. The number of hydrogen-bond acceptors (Lipinski definition) is 6. The number of terminal acetylenes is 1. The minimum Gasteiger partial charge on any atom is -0.339 e. The van der Waals surface area contributed by atoms with Gasteiger partial charge in [-0.3, -0.25) is 14.6 Å². The molecule has 2 aromatic heterocycles. The van der Waals surface area contributed by atoms with E-state index in [1.54, 1.807) is 18.0 Å². The Morgan fingerprint density at radius 1 is 1.25 bits per heavy atom. The van der Waals surface area contributed by atoms with E-state index in [2.05, 4.69) is 21.1 Å². The van der Waals surface area contributed by atoms with Crippen molar-refractivity contribution in [2.45, 2.75) is 51.7 Å². The summed E-state index contributed by atoms with van der Waals surface area (Å²) in [5.74, 6) is 3.76. The molecule has 1 aromatic carbocycles. The van der Waals surface area contributed by atoms with E-state index in [9.17, 15) is 9.18 Å². The van der Waals surface area contributed by atoms with Crippen LogP contribution >= 0.6 is 0 Å². The van der Waals surface area contributed by atoms with Crippen molar-refractivity contribution in [2.24, 2.45) is 4.99 Å². The molecule has 1 aliphatic carbocycles. The third-order valence-corrected chi connectivity index (χ3v) is 7.62. The van der Waals surface area contributed by atoms with Crippen LogP contribution in [-0.4, -0.2) is 50.7 Å². The van der Waals surface area contributed by atoms with Gasteiger partial charge in [0.05, 0.1) is 24.3 Å². The van der Waals surface area contributed by atoms with Crippen molar-refractivity contribution in [3.8, 4) is 23.6 Å². The van der Waals surface area contributed by atoms with Gasteiger partial charge < -0.3 is 5.32 Å². The molecule has 0 saturated heterocycles. The molecule has 2 aliphatic heterocycles. The largest absolute Gasteiger partial charge is 0.339 e. The molecule has 8 nitrogen and oxygen atoms in total. The molecule has 4 heterocycles. The summed E-state index contributed by atoms with van der Waals surface area (Å²) in [6, 6.07) is 11.4. The minimum absolute atomic E-state index is 0.165. The van der Waals surface area contributed by atoms with Crippen molar-refractivity contribution in [1.82, 2.24) is 19.7 Å². The van der Waals surface area contributed by atoms with E-state index in [-0.39, 0.29) is 18.0 Å². The van der Waals surface area contributed by atoms with Gasteiger partial charge in [-0.25, -0.2) is 14.7 Å². The summed E-state index contributed by atoms with van der Waals surface area (Å²) in [4.78, 5) is 26.4. The lowest BCUT2D eigenvalue weighted by Gasteiger charge is -2.34. The summed E-state index contributed by atoms with van der Waals surface area (Å²) in [5.41, 5.74) is 4.34. The van der Waals surface area contributed by atoms with Gasteiger partial charge in [-0.1, -0.05) is 36.3 Å². The monoisotopic (exact) mass is 535 g/mol. The quantitative estimate of drug-likeness (QED) is 0.269. The SMILES string of the molecule is C#C/C=C(\C=C/C)Nc1c2c(nn1Cc1ccc(-c3cc(C)cc(F)n3)cc1)N1C(=N[C@@H]3CCC[C@@H]31)N(C)C2=O. The molecule has 3 aliphatic rings. The van der Waals surface area contributed by atoms with Gasteiger partial charge in [0.2, 0.25) is 11.9 Å². The smallest absolute Gasteiger partial charge is 0.267 e. The standard InChI is InChI=1S/C31H30FN7O/c1-5-8-22(9-6-2)33-28-27-29(39-25-11-7-10-23(25)35-31(39)37(4)30(27)40)36-38(28)18-20-12-14-21(15-13-20)24-16-19(3)17-26(32)34-24/h1,6,8-9,12-17,23,25,33H,7,10-11,18H2,2-4H3/b9-6-,22-8+/t23-,25+/m1/s1. The second-order valence-corrected chi connectivity index (χ2v) is 10.4. The van der Waals surface area contributed by atoms with Gasteiger partial charge in [0.15, 0.2) is 5.82 Å². The Kier molecular flexibility index (Phi) is 6.46. The number of pyridine rings is 1. The van der Waals surface area contributed by atoms with E-state index in [0.29, 0.717) is 41.1 Å². The zero-order chi connectivity index (χ0) is 28.0. The molecular weight excluding hydrogens is 505 g/mol. The average molecular weight is 536 g/mol. The first-order valence-electron chi connectivity index (χ1n) is 13.4. The van der Waals surface area contributed by atoms with Gasteiger partial charge in [0.25, 0.3) is 5.91 Å². The fraction of sp³-hybridized carbons (Fsp3) is 0.290.